The zero-order valence-corrected chi connectivity index (χ0v) is 18.2. The van der Waals surface area contributed by atoms with Crippen molar-refractivity contribution in [1.82, 2.24) is 5.43 Å². The zero-order valence-electron chi connectivity index (χ0n) is 18.2. The second-order valence-corrected chi connectivity index (χ2v) is 7.62. The van der Waals surface area contributed by atoms with Crippen LogP contribution >= 0.6 is 0 Å². The first kappa shape index (κ1) is 22.1. The Morgan fingerprint density at radius 2 is 1.81 bits per heavy atom. The Labute approximate surface area is 183 Å². The van der Waals surface area contributed by atoms with Gasteiger partial charge in [0.1, 0.15) is 18.1 Å². The summed E-state index contributed by atoms with van der Waals surface area (Å²) in [5.74, 6) is 1.47. The van der Waals surface area contributed by atoms with Crippen LogP contribution in [0.25, 0.3) is 0 Å². The highest BCUT2D eigenvalue weighted by Gasteiger charge is 2.10. The third kappa shape index (κ3) is 7.00. The fraction of sp³-hybridized carbons (Fsp3) is 0.231. The molecule has 3 aromatic carbocycles. The number of carbonyl (C=O) groups excluding carboxylic acids is 1. The average Bonchev–Trinajstić information content (AvgIpc) is 2.77. The molecule has 0 saturated heterocycles. The van der Waals surface area contributed by atoms with Gasteiger partial charge in [0.15, 0.2) is 6.61 Å². The average molecular weight is 417 g/mol. The Balaban J connectivity index is 1.50. The van der Waals surface area contributed by atoms with E-state index in [1.807, 2.05) is 79.7 Å². The largest absolute Gasteiger partial charge is 0.489 e. The van der Waals surface area contributed by atoms with Crippen molar-refractivity contribution in [2.75, 3.05) is 6.61 Å². The first-order valence-corrected chi connectivity index (χ1v) is 10.3. The van der Waals surface area contributed by atoms with Gasteiger partial charge in [0.2, 0.25) is 0 Å². The SMILES string of the molecule is Cc1ccc(C(C)C)c(OCC(=O)NN=Cc2cccc(OCc3ccccc3)c2)c1. The molecule has 3 aromatic rings. The highest BCUT2D eigenvalue weighted by molar-refractivity contribution is 5.83. The molecular weight excluding hydrogens is 388 g/mol. The van der Waals surface area contributed by atoms with E-state index in [0.717, 1.165) is 33.8 Å². The fourth-order valence-corrected chi connectivity index (χ4v) is 3.02. The van der Waals surface area contributed by atoms with Crippen LogP contribution in [-0.2, 0) is 11.4 Å². The highest BCUT2D eigenvalue weighted by Crippen LogP contribution is 2.27. The molecule has 5 heteroatoms. The summed E-state index contributed by atoms with van der Waals surface area (Å²) in [5.41, 5.74) is 6.60. The molecule has 3 rings (SSSR count). The minimum atomic E-state index is -0.316. The van der Waals surface area contributed by atoms with E-state index in [4.69, 9.17) is 9.47 Å². The number of rotatable bonds is 9. The summed E-state index contributed by atoms with van der Waals surface area (Å²) in [6, 6.07) is 23.6. The number of hydrogen-bond donors (Lipinski definition) is 1. The van der Waals surface area contributed by atoms with Crippen molar-refractivity contribution in [2.24, 2.45) is 5.10 Å². The maximum atomic E-state index is 12.1. The van der Waals surface area contributed by atoms with E-state index >= 15 is 0 Å². The third-order valence-corrected chi connectivity index (χ3v) is 4.66. The maximum absolute atomic E-state index is 12.1. The smallest absolute Gasteiger partial charge is 0.277 e. The molecule has 0 aromatic heterocycles. The summed E-state index contributed by atoms with van der Waals surface area (Å²) in [5, 5.41) is 4.03. The number of hydrogen-bond acceptors (Lipinski definition) is 4. The first-order chi connectivity index (χ1) is 15.0. The summed E-state index contributed by atoms with van der Waals surface area (Å²) in [6.45, 7) is 6.59. The van der Waals surface area contributed by atoms with Gasteiger partial charge in [-0.05, 0) is 53.3 Å². The van der Waals surface area contributed by atoms with Crippen LogP contribution in [-0.4, -0.2) is 18.7 Å². The van der Waals surface area contributed by atoms with Crippen LogP contribution in [0.1, 0.15) is 42.0 Å². The van der Waals surface area contributed by atoms with Gasteiger partial charge >= 0.3 is 0 Å². The molecule has 0 aliphatic heterocycles. The number of nitrogens with one attached hydrogen (secondary N) is 1. The van der Waals surface area contributed by atoms with Gasteiger partial charge in [0.05, 0.1) is 6.21 Å². The van der Waals surface area contributed by atoms with Crippen molar-refractivity contribution in [3.8, 4) is 11.5 Å². The highest BCUT2D eigenvalue weighted by atomic mass is 16.5. The molecule has 0 bridgehead atoms. The quantitative estimate of drug-likeness (QED) is 0.384. The Hall–Kier alpha value is -3.60. The van der Waals surface area contributed by atoms with Crippen molar-refractivity contribution in [1.29, 1.82) is 0 Å². The van der Waals surface area contributed by atoms with Gasteiger partial charge in [-0.25, -0.2) is 5.43 Å². The molecule has 0 fully saturated rings. The first-order valence-electron chi connectivity index (χ1n) is 10.3. The van der Waals surface area contributed by atoms with Gasteiger partial charge < -0.3 is 9.47 Å². The molecule has 5 nitrogen and oxygen atoms in total. The van der Waals surface area contributed by atoms with Crippen LogP contribution in [0.2, 0.25) is 0 Å². The molecule has 1 N–H and O–H groups in total. The summed E-state index contributed by atoms with van der Waals surface area (Å²) < 4.78 is 11.5. The van der Waals surface area contributed by atoms with E-state index in [-0.39, 0.29) is 12.5 Å². The predicted octanol–water partition coefficient (Wildman–Crippen LogP) is 5.23. The monoisotopic (exact) mass is 416 g/mol. The number of ether oxygens (including phenoxy) is 2. The molecule has 0 heterocycles. The number of carbonyl (C=O) groups is 1. The Morgan fingerprint density at radius 1 is 1.00 bits per heavy atom. The summed E-state index contributed by atoms with van der Waals surface area (Å²) in [7, 11) is 0. The summed E-state index contributed by atoms with van der Waals surface area (Å²) >= 11 is 0. The van der Waals surface area contributed by atoms with E-state index in [9.17, 15) is 4.79 Å². The van der Waals surface area contributed by atoms with Crippen LogP contribution in [0.3, 0.4) is 0 Å². The van der Waals surface area contributed by atoms with Gasteiger partial charge in [-0.2, -0.15) is 5.10 Å². The molecule has 160 valence electrons. The second kappa shape index (κ2) is 11.0. The van der Waals surface area contributed by atoms with Gasteiger partial charge in [0.25, 0.3) is 5.91 Å². The predicted molar refractivity (Wildman–Crippen MR) is 124 cm³/mol. The third-order valence-electron chi connectivity index (χ3n) is 4.66. The van der Waals surface area contributed by atoms with Gasteiger partial charge in [-0.1, -0.05) is 68.4 Å². The van der Waals surface area contributed by atoms with E-state index in [1.54, 1.807) is 6.21 Å². The normalized spacial score (nSPS) is 11.0. The van der Waals surface area contributed by atoms with E-state index in [1.165, 1.54) is 0 Å². The van der Waals surface area contributed by atoms with E-state index in [0.29, 0.717) is 12.5 Å². The second-order valence-electron chi connectivity index (χ2n) is 7.62. The fourth-order valence-electron chi connectivity index (χ4n) is 3.02. The lowest BCUT2D eigenvalue weighted by atomic mass is 10.0. The molecule has 0 saturated carbocycles. The van der Waals surface area contributed by atoms with Crippen LogP contribution in [0.15, 0.2) is 77.9 Å². The lowest BCUT2D eigenvalue weighted by Crippen LogP contribution is -2.25. The van der Waals surface area contributed by atoms with E-state index in [2.05, 4.69) is 24.4 Å². The lowest BCUT2D eigenvalue weighted by Gasteiger charge is -2.14. The molecule has 0 aliphatic rings. The van der Waals surface area contributed by atoms with Crippen molar-refractivity contribution >= 4 is 12.1 Å². The van der Waals surface area contributed by atoms with Crippen LogP contribution in [0.5, 0.6) is 11.5 Å². The zero-order chi connectivity index (χ0) is 22.1. The molecule has 0 radical (unpaired) electrons. The number of nitrogens with zero attached hydrogens (tertiary/aromatic N) is 1. The Kier molecular flexibility index (Phi) is 7.82. The minimum Gasteiger partial charge on any atom is -0.489 e. The number of amides is 1. The number of aryl methyl sites for hydroxylation is 1. The Morgan fingerprint density at radius 3 is 2.58 bits per heavy atom. The molecule has 0 spiro atoms. The molecule has 0 aliphatic carbocycles. The topological polar surface area (TPSA) is 59.9 Å². The van der Waals surface area contributed by atoms with Gasteiger partial charge in [-0.15, -0.1) is 0 Å². The van der Waals surface area contributed by atoms with E-state index < -0.39 is 0 Å². The lowest BCUT2D eigenvalue weighted by molar-refractivity contribution is -0.123. The maximum Gasteiger partial charge on any atom is 0.277 e. The van der Waals surface area contributed by atoms with Crippen molar-refractivity contribution in [3.63, 3.8) is 0 Å². The van der Waals surface area contributed by atoms with Crippen molar-refractivity contribution < 1.29 is 14.3 Å². The van der Waals surface area contributed by atoms with Crippen LogP contribution in [0, 0.1) is 6.92 Å². The Bertz CT molecular complexity index is 1030. The molecule has 1 amide bonds. The minimum absolute atomic E-state index is 0.0965. The molecule has 0 atom stereocenters. The van der Waals surface area contributed by atoms with Crippen molar-refractivity contribution in [3.05, 3.63) is 95.1 Å². The standard InChI is InChI=1S/C26H28N2O3/c1-19(2)24-13-12-20(3)14-25(24)31-18-26(29)28-27-16-22-10-7-11-23(15-22)30-17-21-8-5-4-6-9-21/h4-16,19H,17-18H2,1-3H3,(H,28,29). The van der Waals surface area contributed by atoms with Crippen LogP contribution in [0.4, 0.5) is 0 Å². The number of hydrazone groups is 1. The van der Waals surface area contributed by atoms with Crippen molar-refractivity contribution in [2.45, 2.75) is 33.3 Å². The molecule has 31 heavy (non-hydrogen) atoms. The number of benzene rings is 3. The molecule has 0 unspecified atom stereocenters. The van der Waals surface area contributed by atoms with Gasteiger partial charge in [-0.3, -0.25) is 4.79 Å². The van der Waals surface area contributed by atoms with Crippen LogP contribution < -0.4 is 14.9 Å². The summed E-state index contributed by atoms with van der Waals surface area (Å²) in [6.07, 6.45) is 1.58. The van der Waals surface area contributed by atoms with Gasteiger partial charge in [0, 0.05) is 0 Å². The molecular formula is C26H28N2O3. The summed E-state index contributed by atoms with van der Waals surface area (Å²) in [4.78, 5) is 12.1.